The van der Waals surface area contributed by atoms with Crippen LogP contribution < -0.4 is 5.32 Å². The molecule has 0 amide bonds. The molecule has 0 aliphatic heterocycles. The van der Waals surface area contributed by atoms with Crippen molar-refractivity contribution in [1.82, 2.24) is 0 Å². The summed E-state index contributed by atoms with van der Waals surface area (Å²) in [5, 5.41) is 8.64. The first-order valence-corrected chi connectivity index (χ1v) is 9.21. The van der Waals surface area contributed by atoms with Crippen molar-refractivity contribution in [2.75, 3.05) is 5.32 Å². The van der Waals surface area contributed by atoms with E-state index in [1.807, 2.05) is 18.2 Å². The van der Waals surface area contributed by atoms with E-state index < -0.39 is 0 Å². The van der Waals surface area contributed by atoms with Gasteiger partial charge in [0.05, 0.1) is 0 Å². The van der Waals surface area contributed by atoms with E-state index in [2.05, 4.69) is 96.3 Å². The van der Waals surface area contributed by atoms with Crippen LogP contribution in [-0.4, -0.2) is 0 Å². The van der Waals surface area contributed by atoms with Crippen molar-refractivity contribution in [3.8, 4) is 11.1 Å². The first-order chi connectivity index (χ1) is 13.4. The smallest absolute Gasteiger partial charge is 0.0390 e. The molecule has 0 aliphatic carbocycles. The molecule has 128 valence electrons. The second-order valence-electron chi connectivity index (χ2n) is 6.79. The second-order valence-corrected chi connectivity index (χ2v) is 6.79. The number of hydrogen-bond donors (Lipinski definition) is 1. The van der Waals surface area contributed by atoms with Crippen LogP contribution in [0.4, 0.5) is 11.4 Å². The van der Waals surface area contributed by atoms with Gasteiger partial charge in [-0.1, -0.05) is 78.9 Å². The maximum absolute atomic E-state index is 3.48. The second kappa shape index (κ2) is 6.62. The lowest BCUT2D eigenvalue weighted by Crippen LogP contribution is -1.90. The molecule has 0 aliphatic rings. The summed E-state index contributed by atoms with van der Waals surface area (Å²) in [4.78, 5) is 0. The highest BCUT2D eigenvalue weighted by Gasteiger charge is 2.04. The summed E-state index contributed by atoms with van der Waals surface area (Å²) in [5.74, 6) is 0. The first-order valence-electron chi connectivity index (χ1n) is 9.21. The Morgan fingerprint density at radius 2 is 1.11 bits per heavy atom. The topological polar surface area (TPSA) is 12.0 Å². The molecule has 27 heavy (non-hydrogen) atoms. The van der Waals surface area contributed by atoms with E-state index in [0.29, 0.717) is 0 Å². The van der Waals surface area contributed by atoms with Gasteiger partial charge in [-0.15, -0.1) is 0 Å². The normalized spacial score (nSPS) is 11.0. The van der Waals surface area contributed by atoms with Crippen LogP contribution >= 0.6 is 0 Å². The summed E-state index contributed by atoms with van der Waals surface area (Å²) in [5.41, 5.74) is 4.64. The van der Waals surface area contributed by atoms with Gasteiger partial charge in [0, 0.05) is 11.4 Å². The number of benzene rings is 5. The van der Waals surface area contributed by atoms with Crippen molar-refractivity contribution in [3.05, 3.63) is 109 Å². The van der Waals surface area contributed by atoms with E-state index in [9.17, 15) is 0 Å². The molecule has 0 atom stereocenters. The molecule has 0 bridgehead atoms. The van der Waals surface area contributed by atoms with Gasteiger partial charge in [-0.25, -0.2) is 0 Å². The molecule has 0 unspecified atom stereocenters. The van der Waals surface area contributed by atoms with Gasteiger partial charge in [0.25, 0.3) is 0 Å². The Bertz CT molecular complexity index is 1240. The molecule has 1 N–H and O–H groups in total. The third-order valence-electron chi connectivity index (χ3n) is 5.00. The summed E-state index contributed by atoms with van der Waals surface area (Å²) in [6.45, 7) is 0. The molecule has 0 fully saturated rings. The average molecular weight is 345 g/mol. The van der Waals surface area contributed by atoms with Crippen molar-refractivity contribution < 1.29 is 0 Å². The fraction of sp³-hybridized carbons (Fsp3) is 0. The molecular formula is C26H19N. The molecule has 0 radical (unpaired) electrons. The van der Waals surface area contributed by atoms with Crippen LogP contribution in [0, 0.1) is 0 Å². The maximum atomic E-state index is 3.48. The molecular weight excluding hydrogens is 326 g/mol. The zero-order chi connectivity index (χ0) is 18.1. The van der Waals surface area contributed by atoms with Crippen LogP contribution in [-0.2, 0) is 0 Å². The van der Waals surface area contributed by atoms with Crippen molar-refractivity contribution in [3.63, 3.8) is 0 Å². The van der Waals surface area contributed by atoms with Gasteiger partial charge in [-0.05, 0) is 63.0 Å². The molecule has 1 heteroatoms. The maximum Gasteiger partial charge on any atom is 0.0390 e. The quantitative estimate of drug-likeness (QED) is 0.336. The summed E-state index contributed by atoms with van der Waals surface area (Å²) in [6.07, 6.45) is 0. The minimum atomic E-state index is 1.09. The zero-order valence-electron chi connectivity index (χ0n) is 14.9. The van der Waals surface area contributed by atoms with Crippen molar-refractivity contribution >= 4 is 32.9 Å². The molecule has 0 spiro atoms. The van der Waals surface area contributed by atoms with Crippen LogP contribution in [0.1, 0.15) is 0 Å². The molecule has 1 nitrogen and oxygen atoms in total. The lowest BCUT2D eigenvalue weighted by atomic mass is 9.97. The minimum absolute atomic E-state index is 1.09. The summed E-state index contributed by atoms with van der Waals surface area (Å²) in [6, 6.07) is 38.6. The third-order valence-corrected chi connectivity index (χ3v) is 5.00. The van der Waals surface area contributed by atoms with E-state index in [1.165, 1.54) is 32.7 Å². The Hall–Kier alpha value is -3.58. The van der Waals surface area contributed by atoms with Gasteiger partial charge in [0.2, 0.25) is 0 Å². The van der Waals surface area contributed by atoms with E-state index in [4.69, 9.17) is 0 Å². The molecule has 0 saturated heterocycles. The van der Waals surface area contributed by atoms with Crippen LogP contribution in [0.15, 0.2) is 109 Å². The standard InChI is InChI=1S/C26H19N/c1-2-9-23(10-3-1)27-24-11-6-8-20(18-24)21-15-16-26-22(17-21)14-13-19-7-4-5-12-25(19)26/h1-18,27H. The lowest BCUT2D eigenvalue weighted by molar-refractivity contribution is 1.54. The van der Waals surface area contributed by atoms with Crippen LogP contribution in [0.2, 0.25) is 0 Å². The van der Waals surface area contributed by atoms with Crippen LogP contribution in [0.25, 0.3) is 32.7 Å². The number of anilines is 2. The van der Waals surface area contributed by atoms with Gasteiger partial charge in [-0.3, -0.25) is 0 Å². The van der Waals surface area contributed by atoms with E-state index in [0.717, 1.165) is 11.4 Å². The Kier molecular flexibility index (Phi) is 3.84. The average Bonchev–Trinajstić information content (AvgIpc) is 2.74. The van der Waals surface area contributed by atoms with Crippen molar-refractivity contribution in [1.29, 1.82) is 0 Å². The lowest BCUT2D eigenvalue weighted by Gasteiger charge is -2.10. The van der Waals surface area contributed by atoms with Gasteiger partial charge < -0.3 is 5.32 Å². The highest BCUT2D eigenvalue weighted by atomic mass is 14.9. The Morgan fingerprint density at radius 1 is 0.407 bits per heavy atom. The van der Waals surface area contributed by atoms with Gasteiger partial charge in [-0.2, -0.15) is 0 Å². The molecule has 5 aromatic carbocycles. The predicted molar refractivity (Wildman–Crippen MR) is 117 cm³/mol. The van der Waals surface area contributed by atoms with Crippen LogP contribution in [0.3, 0.4) is 0 Å². The number of fused-ring (bicyclic) bond motifs is 3. The highest BCUT2D eigenvalue weighted by Crippen LogP contribution is 2.31. The van der Waals surface area contributed by atoms with E-state index in [-0.39, 0.29) is 0 Å². The molecule has 0 heterocycles. The molecule has 0 saturated carbocycles. The van der Waals surface area contributed by atoms with E-state index in [1.54, 1.807) is 0 Å². The number of nitrogens with one attached hydrogen (secondary N) is 1. The van der Waals surface area contributed by atoms with Crippen molar-refractivity contribution in [2.24, 2.45) is 0 Å². The van der Waals surface area contributed by atoms with Crippen molar-refractivity contribution in [2.45, 2.75) is 0 Å². The van der Waals surface area contributed by atoms with Crippen LogP contribution in [0.5, 0.6) is 0 Å². The molecule has 0 aromatic heterocycles. The predicted octanol–water partition coefficient (Wildman–Crippen LogP) is 7.40. The van der Waals surface area contributed by atoms with E-state index >= 15 is 0 Å². The Balaban J connectivity index is 1.55. The number of hydrogen-bond acceptors (Lipinski definition) is 1. The number of rotatable bonds is 3. The molecule has 5 rings (SSSR count). The first kappa shape index (κ1) is 15.7. The summed E-state index contributed by atoms with van der Waals surface area (Å²) < 4.78 is 0. The largest absolute Gasteiger partial charge is 0.356 e. The third kappa shape index (κ3) is 3.04. The molecule has 5 aromatic rings. The Labute approximate surface area is 158 Å². The monoisotopic (exact) mass is 345 g/mol. The Morgan fingerprint density at radius 3 is 2.04 bits per heavy atom. The van der Waals surface area contributed by atoms with Gasteiger partial charge >= 0.3 is 0 Å². The summed E-state index contributed by atoms with van der Waals surface area (Å²) >= 11 is 0. The fourth-order valence-corrected chi connectivity index (χ4v) is 3.66. The highest BCUT2D eigenvalue weighted by molar-refractivity contribution is 6.08. The SMILES string of the molecule is c1ccc(Nc2cccc(-c3ccc4c(ccc5ccccc54)c3)c2)cc1. The van der Waals surface area contributed by atoms with Gasteiger partial charge in [0.1, 0.15) is 0 Å². The zero-order valence-corrected chi connectivity index (χ0v) is 14.9. The summed E-state index contributed by atoms with van der Waals surface area (Å²) in [7, 11) is 0. The fourth-order valence-electron chi connectivity index (χ4n) is 3.66. The van der Waals surface area contributed by atoms with Gasteiger partial charge in [0.15, 0.2) is 0 Å². The minimum Gasteiger partial charge on any atom is -0.356 e. The number of para-hydroxylation sites is 1.